The van der Waals surface area contributed by atoms with E-state index in [2.05, 4.69) is 5.32 Å². The largest absolute Gasteiger partial charge is 0.384 e. The molecular formula is C26H31ClN2O4. The average molecular weight is 471 g/mol. The Kier molecular flexibility index (Phi) is 6.80. The maximum Gasteiger partial charge on any atom is 0.251 e. The molecule has 7 heteroatoms. The van der Waals surface area contributed by atoms with E-state index in [4.69, 9.17) is 16.3 Å². The summed E-state index contributed by atoms with van der Waals surface area (Å²) in [6, 6.07) is 16.0. The summed E-state index contributed by atoms with van der Waals surface area (Å²) in [5.74, 6) is -0.681. The Balaban J connectivity index is 1.48. The van der Waals surface area contributed by atoms with Gasteiger partial charge in [0.05, 0.1) is 18.1 Å². The van der Waals surface area contributed by atoms with Crippen molar-refractivity contribution in [3.63, 3.8) is 0 Å². The first-order valence-electron chi connectivity index (χ1n) is 11.4. The number of halogens is 1. The molecule has 33 heavy (non-hydrogen) atoms. The first kappa shape index (κ1) is 23.7. The maximum atomic E-state index is 13.6. The number of nitrogens with one attached hydrogen (secondary N) is 1. The van der Waals surface area contributed by atoms with Crippen LogP contribution < -0.4 is 5.32 Å². The van der Waals surface area contributed by atoms with Crippen molar-refractivity contribution in [2.24, 2.45) is 11.3 Å². The molecule has 0 spiro atoms. The first-order chi connectivity index (χ1) is 15.7. The lowest BCUT2D eigenvalue weighted by atomic mass is 9.66. The highest BCUT2D eigenvalue weighted by molar-refractivity contribution is 6.30. The zero-order chi connectivity index (χ0) is 23.6. The zero-order valence-corrected chi connectivity index (χ0v) is 19.8. The van der Waals surface area contributed by atoms with E-state index in [0.29, 0.717) is 43.1 Å². The molecule has 0 aromatic heterocycles. The van der Waals surface area contributed by atoms with Gasteiger partial charge < -0.3 is 20.1 Å². The van der Waals surface area contributed by atoms with Gasteiger partial charge in [-0.05, 0) is 42.7 Å². The molecule has 2 fully saturated rings. The van der Waals surface area contributed by atoms with Crippen LogP contribution in [-0.4, -0.2) is 54.2 Å². The Labute approximate surface area is 199 Å². The van der Waals surface area contributed by atoms with Gasteiger partial charge in [-0.25, -0.2) is 0 Å². The SMILES string of the molecule is CC1(C)CN(C(=O)[C@@H]2COCC[C@@H]2NC(=O)c2ccccc2)CC[C@]1(O)c1ccc(Cl)cc1. The molecule has 2 aromatic rings. The molecule has 2 N–H and O–H groups in total. The molecule has 2 heterocycles. The highest BCUT2D eigenvalue weighted by atomic mass is 35.5. The van der Waals surface area contributed by atoms with Crippen LogP contribution in [-0.2, 0) is 15.1 Å². The lowest BCUT2D eigenvalue weighted by Crippen LogP contribution is -2.60. The number of benzene rings is 2. The molecule has 2 aliphatic heterocycles. The lowest BCUT2D eigenvalue weighted by Gasteiger charge is -2.51. The highest BCUT2D eigenvalue weighted by Gasteiger charge is 2.50. The lowest BCUT2D eigenvalue weighted by molar-refractivity contribution is -0.160. The van der Waals surface area contributed by atoms with Crippen LogP contribution in [0.15, 0.2) is 54.6 Å². The third kappa shape index (κ3) is 4.79. The standard InChI is InChI=1S/C26H31ClN2O4/c1-25(2)17-29(14-13-26(25,32)19-8-10-20(27)11-9-19)24(31)21-16-33-15-12-22(21)28-23(30)18-6-4-3-5-7-18/h3-11,21-22,32H,12-17H2,1-2H3,(H,28,30)/t21-,22+,26+/m1/s1. The van der Waals surface area contributed by atoms with E-state index in [-0.39, 0.29) is 24.5 Å². The van der Waals surface area contributed by atoms with Gasteiger partial charge in [0.25, 0.3) is 5.91 Å². The summed E-state index contributed by atoms with van der Waals surface area (Å²) in [4.78, 5) is 28.1. The second-order valence-corrected chi connectivity index (χ2v) is 10.1. The molecule has 0 saturated carbocycles. The number of hydrogen-bond donors (Lipinski definition) is 2. The number of rotatable bonds is 4. The molecule has 2 aromatic carbocycles. The number of amides is 2. The van der Waals surface area contributed by atoms with Crippen molar-refractivity contribution in [1.82, 2.24) is 10.2 Å². The van der Waals surface area contributed by atoms with Gasteiger partial charge in [0.15, 0.2) is 0 Å². The number of nitrogens with zero attached hydrogens (tertiary/aromatic N) is 1. The zero-order valence-electron chi connectivity index (χ0n) is 19.1. The van der Waals surface area contributed by atoms with Crippen LogP contribution in [0.1, 0.15) is 42.6 Å². The van der Waals surface area contributed by atoms with Crippen LogP contribution in [0.5, 0.6) is 0 Å². The van der Waals surface area contributed by atoms with Crippen molar-refractivity contribution in [3.05, 3.63) is 70.7 Å². The van der Waals surface area contributed by atoms with E-state index in [1.54, 1.807) is 24.3 Å². The van der Waals surface area contributed by atoms with Crippen molar-refractivity contribution < 1.29 is 19.4 Å². The molecular weight excluding hydrogens is 440 g/mol. The van der Waals surface area contributed by atoms with Crippen molar-refractivity contribution in [3.8, 4) is 0 Å². The maximum absolute atomic E-state index is 13.6. The van der Waals surface area contributed by atoms with E-state index in [9.17, 15) is 14.7 Å². The van der Waals surface area contributed by atoms with Crippen molar-refractivity contribution in [2.45, 2.75) is 38.3 Å². The van der Waals surface area contributed by atoms with E-state index < -0.39 is 16.9 Å². The molecule has 0 unspecified atom stereocenters. The van der Waals surface area contributed by atoms with Crippen molar-refractivity contribution >= 4 is 23.4 Å². The average Bonchev–Trinajstić information content (AvgIpc) is 2.81. The third-order valence-corrected chi connectivity index (χ3v) is 7.36. The highest BCUT2D eigenvalue weighted by Crippen LogP contribution is 2.46. The van der Waals surface area contributed by atoms with Gasteiger partial charge in [0, 0.05) is 41.7 Å². The topological polar surface area (TPSA) is 78.9 Å². The number of piperidine rings is 1. The predicted octanol–water partition coefficient (Wildman–Crippen LogP) is 3.62. The summed E-state index contributed by atoms with van der Waals surface area (Å²) in [7, 11) is 0. The molecule has 0 bridgehead atoms. The molecule has 2 amide bonds. The van der Waals surface area contributed by atoms with Crippen LogP contribution in [0, 0.1) is 11.3 Å². The minimum atomic E-state index is -1.07. The van der Waals surface area contributed by atoms with Gasteiger partial charge in [-0.2, -0.15) is 0 Å². The summed E-state index contributed by atoms with van der Waals surface area (Å²) in [5, 5.41) is 15.3. The first-order valence-corrected chi connectivity index (χ1v) is 11.8. The number of carbonyl (C=O) groups excluding carboxylic acids is 2. The second-order valence-electron chi connectivity index (χ2n) is 9.68. The molecule has 176 valence electrons. The number of aliphatic hydroxyl groups is 1. The minimum Gasteiger partial charge on any atom is -0.384 e. The van der Waals surface area contributed by atoms with Crippen LogP contribution in [0.2, 0.25) is 5.02 Å². The van der Waals surface area contributed by atoms with Gasteiger partial charge in [0.1, 0.15) is 0 Å². The predicted molar refractivity (Wildman–Crippen MR) is 127 cm³/mol. The number of hydrogen-bond acceptors (Lipinski definition) is 4. The van der Waals surface area contributed by atoms with E-state index >= 15 is 0 Å². The molecule has 2 saturated heterocycles. The Morgan fingerprint density at radius 1 is 1.12 bits per heavy atom. The molecule has 3 atom stereocenters. The number of likely N-dealkylation sites (tertiary alicyclic amines) is 1. The summed E-state index contributed by atoms with van der Waals surface area (Å²) < 4.78 is 5.62. The van der Waals surface area contributed by atoms with Crippen molar-refractivity contribution in [2.75, 3.05) is 26.3 Å². The van der Waals surface area contributed by atoms with Crippen molar-refractivity contribution in [1.29, 1.82) is 0 Å². The van der Waals surface area contributed by atoms with Gasteiger partial charge in [-0.3, -0.25) is 9.59 Å². The van der Waals surface area contributed by atoms with Crippen LogP contribution >= 0.6 is 11.6 Å². The second kappa shape index (κ2) is 9.45. The van der Waals surface area contributed by atoms with Crippen LogP contribution in [0.3, 0.4) is 0 Å². The van der Waals surface area contributed by atoms with Crippen LogP contribution in [0.4, 0.5) is 0 Å². The van der Waals surface area contributed by atoms with Gasteiger partial charge in [-0.15, -0.1) is 0 Å². The fraction of sp³-hybridized carbons (Fsp3) is 0.462. The van der Waals surface area contributed by atoms with Gasteiger partial charge in [0.2, 0.25) is 5.91 Å². The fourth-order valence-corrected chi connectivity index (χ4v) is 5.13. The molecule has 2 aliphatic rings. The Bertz CT molecular complexity index is 995. The molecule has 0 radical (unpaired) electrons. The molecule has 0 aliphatic carbocycles. The normalized spacial score (nSPS) is 27.1. The van der Waals surface area contributed by atoms with E-state index in [1.165, 1.54) is 0 Å². The van der Waals surface area contributed by atoms with E-state index in [1.807, 2.05) is 49.1 Å². The fourth-order valence-electron chi connectivity index (χ4n) is 5.00. The monoisotopic (exact) mass is 470 g/mol. The Morgan fingerprint density at radius 2 is 1.82 bits per heavy atom. The van der Waals surface area contributed by atoms with Gasteiger partial charge in [-0.1, -0.05) is 55.8 Å². The Morgan fingerprint density at radius 3 is 2.48 bits per heavy atom. The van der Waals surface area contributed by atoms with Gasteiger partial charge >= 0.3 is 0 Å². The number of ether oxygens (including phenoxy) is 1. The summed E-state index contributed by atoms with van der Waals surface area (Å²) >= 11 is 6.03. The van der Waals surface area contributed by atoms with Crippen LogP contribution in [0.25, 0.3) is 0 Å². The number of carbonyl (C=O) groups is 2. The Hall–Kier alpha value is -2.41. The summed E-state index contributed by atoms with van der Waals surface area (Å²) in [6.45, 7) is 5.57. The third-order valence-electron chi connectivity index (χ3n) is 7.11. The smallest absolute Gasteiger partial charge is 0.251 e. The molecule has 4 rings (SSSR count). The minimum absolute atomic E-state index is 0.0423. The summed E-state index contributed by atoms with van der Waals surface area (Å²) in [6.07, 6.45) is 1.00. The molecule has 6 nitrogen and oxygen atoms in total. The van der Waals surface area contributed by atoms with E-state index in [0.717, 1.165) is 5.56 Å². The summed E-state index contributed by atoms with van der Waals surface area (Å²) in [5.41, 5.74) is -0.272. The quantitative estimate of drug-likeness (QED) is 0.715.